The Bertz CT molecular complexity index is 515. The van der Waals surface area contributed by atoms with Gasteiger partial charge in [0.2, 0.25) is 0 Å². The maximum absolute atomic E-state index is 4.30. The van der Waals surface area contributed by atoms with Crippen LogP contribution in [-0.2, 0) is 26.1 Å². The SMILES string of the molecule is CC(Cn1ccnc1)NCc1nnc2n1CCCC2. The van der Waals surface area contributed by atoms with Crippen molar-refractivity contribution >= 4 is 0 Å². The molecule has 1 unspecified atom stereocenters. The molecule has 0 aromatic carbocycles. The van der Waals surface area contributed by atoms with E-state index in [0.717, 1.165) is 37.7 Å². The molecule has 0 bridgehead atoms. The van der Waals surface area contributed by atoms with Gasteiger partial charge in [0.1, 0.15) is 11.6 Å². The highest BCUT2D eigenvalue weighted by atomic mass is 15.3. The van der Waals surface area contributed by atoms with E-state index < -0.39 is 0 Å². The smallest absolute Gasteiger partial charge is 0.147 e. The number of hydrogen-bond acceptors (Lipinski definition) is 4. The zero-order valence-corrected chi connectivity index (χ0v) is 11.3. The first-order valence-electron chi connectivity index (χ1n) is 6.93. The van der Waals surface area contributed by atoms with Crippen LogP contribution in [0.1, 0.15) is 31.4 Å². The zero-order valence-electron chi connectivity index (χ0n) is 11.3. The van der Waals surface area contributed by atoms with Crippen molar-refractivity contribution < 1.29 is 0 Å². The molecule has 0 saturated carbocycles. The van der Waals surface area contributed by atoms with Crippen molar-refractivity contribution in [2.24, 2.45) is 0 Å². The predicted molar refractivity (Wildman–Crippen MR) is 71.5 cm³/mol. The number of aryl methyl sites for hydroxylation is 1. The summed E-state index contributed by atoms with van der Waals surface area (Å²) in [7, 11) is 0. The molecule has 1 N–H and O–H groups in total. The summed E-state index contributed by atoms with van der Waals surface area (Å²) in [5.41, 5.74) is 0. The average molecular weight is 260 g/mol. The summed E-state index contributed by atoms with van der Waals surface area (Å²) in [6.45, 7) is 4.94. The lowest BCUT2D eigenvalue weighted by Crippen LogP contribution is -2.31. The first kappa shape index (κ1) is 12.3. The van der Waals surface area contributed by atoms with E-state index in [1.54, 1.807) is 0 Å². The summed E-state index contributed by atoms with van der Waals surface area (Å²) in [5, 5.41) is 12.1. The fourth-order valence-corrected chi connectivity index (χ4v) is 2.54. The van der Waals surface area contributed by atoms with Gasteiger partial charge in [-0.3, -0.25) is 0 Å². The maximum Gasteiger partial charge on any atom is 0.147 e. The number of imidazole rings is 1. The van der Waals surface area contributed by atoms with E-state index >= 15 is 0 Å². The summed E-state index contributed by atoms with van der Waals surface area (Å²) < 4.78 is 4.34. The summed E-state index contributed by atoms with van der Waals surface area (Å²) >= 11 is 0. The molecule has 2 aromatic heterocycles. The monoisotopic (exact) mass is 260 g/mol. The molecule has 1 aliphatic rings. The molecule has 0 fully saturated rings. The van der Waals surface area contributed by atoms with Crippen LogP contribution in [-0.4, -0.2) is 30.4 Å². The Labute approximate surface area is 112 Å². The Morgan fingerprint density at radius 3 is 3.16 bits per heavy atom. The largest absolute Gasteiger partial charge is 0.336 e. The molecule has 19 heavy (non-hydrogen) atoms. The van der Waals surface area contributed by atoms with Gasteiger partial charge in [0, 0.05) is 37.9 Å². The molecule has 6 heteroatoms. The number of nitrogens with zero attached hydrogens (tertiary/aromatic N) is 5. The van der Waals surface area contributed by atoms with Gasteiger partial charge in [-0.25, -0.2) is 4.98 Å². The maximum atomic E-state index is 4.30. The van der Waals surface area contributed by atoms with Crippen molar-refractivity contribution in [1.29, 1.82) is 0 Å². The minimum Gasteiger partial charge on any atom is -0.336 e. The first-order chi connectivity index (χ1) is 9.33. The van der Waals surface area contributed by atoms with Crippen molar-refractivity contribution in [3.8, 4) is 0 Å². The van der Waals surface area contributed by atoms with Crippen LogP contribution in [0.2, 0.25) is 0 Å². The Balaban J connectivity index is 1.55. The van der Waals surface area contributed by atoms with Gasteiger partial charge < -0.3 is 14.5 Å². The van der Waals surface area contributed by atoms with Gasteiger partial charge >= 0.3 is 0 Å². The molecule has 3 rings (SSSR count). The zero-order chi connectivity index (χ0) is 13.1. The van der Waals surface area contributed by atoms with Crippen LogP contribution in [0.4, 0.5) is 0 Å². The number of aromatic nitrogens is 5. The quantitative estimate of drug-likeness (QED) is 0.871. The van der Waals surface area contributed by atoms with Crippen LogP contribution < -0.4 is 5.32 Å². The number of fused-ring (bicyclic) bond motifs is 1. The Morgan fingerprint density at radius 1 is 1.37 bits per heavy atom. The molecule has 6 nitrogen and oxygen atoms in total. The van der Waals surface area contributed by atoms with Crippen LogP contribution in [0.3, 0.4) is 0 Å². The van der Waals surface area contributed by atoms with E-state index in [1.165, 1.54) is 12.8 Å². The van der Waals surface area contributed by atoms with E-state index in [1.807, 2.05) is 18.7 Å². The van der Waals surface area contributed by atoms with Gasteiger partial charge in [0.25, 0.3) is 0 Å². The number of hydrogen-bond donors (Lipinski definition) is 1. The molecule has 3 heterocycles. The third kappa shape index (κ3) is 2.84. The summed E-state index contributed by atoms with van der Waals surface area (Å²) in [6.07, 6.45) is 9.18. The standard InChI is InChI=1S/C13H20N6/c1-11(9-18-7-5-14-10-18)15-8-13-17-16-12-4-2-3-6-19(12)13/h5,7,10-11,15H,2-4,6,8-9H2,1H3. The minimum absolute atomic E-state index is 0.380. The molecular weight excluding hydrogens is 240 g/mol. The normalized spacial score (nSPS) is 16.3. The lowest BCUT2D eigenvalue weighted by atomic mass is 10.2. The second-order valence-electron chi connectivity index (χ2n) is 5.18. The molecule has 0 spiro atoms. The fourth-order valence-electron chi connectivity index (χ4n) is 2.54. The van der Waals surface area contributed by atoms with Crippen molar-refractivity contribution in [2.75, 3.05) is 0 Å². The van der Waals surface area contributed by atoms with Crippen molar-refractivity contribution in [1.82, 2.24) is 29.6 Å². The average Bonchev–Trinajstić information content (AvgIpc) is 3.05. The van der Waals surface area contributed by atoms with Gasteiger partial charge in [0.05, 0.1) is 12.9 Å². The molecule has 1 aliphatic heterocycles. The van der Waals surface area contributed by atoms with Gasteiger partial charge in [-0.1, -0.05) is 0 Å². The van der Waals surface area contributed by atoms with Crippen LogP contribution in [0, 0.1) is 0 Å². The van der Waals surface area contributed by atoms with E-state index in [2.05, 4.69) is 36.6 Å². The van der Waals surface area contributed by atoms with Gasteiger partial charge in [0.15, 0.2) is 0 Å². The molecule has 0 saturated heterocycles. The summed E-state index contributed by atoms with van der Waals surface area (Å²) in [5.74, 6) is 2.21. The summed E-state index contributed by atoms with van der Waals surface area (Å²) in [4.78, 5) is 4.05. The van der Waals surface area contributed by atoms with Crippen LogP contribution >= 0.6 is 0 Å². The molecule has 102 valence electrons. The second-order valence-corrected chi connectivity index (χ2v) is 5.18. The molecular formula is C13H20N6. The number of nitrogens with one attached hydrogen (secondary N) is 1. The van der Waals surface area contributed by atoms with Gasteiger partial charge in [-0.15, -0.1) is 10.2 Å². The lowest BCUT2D eigenvalue weighted by molar-refractivity contribution is 0.448. The van der Waals surface area contributed by atoms with Crippen molar-refractivity contribution in [3.05, 3.63) is 30.4 Å². The Kier molecular flexibility index (Phi) is 3.59. The third-order valence-electron chi connectivity index (χ3n) is 3.59. The van der Waals surface area contributed by atoms with Crippen LogP contribution in [0.5, 0.6) is 0 Å². The van der Waals surface area contributed by atoms with E-state index in [4.69, 9.17) is 0 Å². The lowest BCUT2D eigenvalue weighted by Gasteiger charge is -2.17. The highest BCUT2D eigenvalue weighted by Gasteiger charge is 2.15. The molecule has 0 aliphatic carbocycles. The van der Waals surface area contributed by atoms with E-state index in [0.29, 0.717) is 6.04 Å². The van der Waals surface area contributed by atoms with Gasteiger partial charge in [-0.2, -0.15) is 0 Å². The highest BCUT2D eigenvalue weighted by Crippen LogP contribution is 2.14. The third-order valence-corrected chi connectivity index (χ3v) is 3.59. The van der Waals surface area contributed by atoms with E-state index in [-0.39, 0.29) is 0 Å². The Morgan fingerprint density at radius 2 is 2.32 bits per heavy atom. The second kappa shape index (κ2) is 5.52. The molecule has 0 amide bonds. The van der Waals surface area contributed by atoms with Crippen molar-refractivity contribution in [2.45, 2.75) is 51.9 Å². The van der Waals surface area contributed by atoms with Crippen LogP contribution in [0.15, 0.2) is 18.7 Å². The topological polar surface area (TPSA) is 60.6 Å². The first-order valence-corrected chi connectivity index (χ1v) is 6.93. The Hall–Kier alpha value is -1.69. The van der Waals surface area contributed by atoms with Gasteiger partial charge in [-0.05, 0) is 19.8 Å². The minimum atomic E-state index is 0.380. The van der Waals surface area contributed by atoms with Crippen molar-refractivity contribution in [3.63, 3.8) is 0 Å². The fraction of sp³-hybridized carbons (Fsp3) is 0.615. The summed E-state index contributed by atoms with van der Waals surface area (Å²) in [6, 6.07) is 0.380. The highest BCUT2D eigenvalue weighted by molar-refractivity contribution is 4.98. The molecule has 1 atom stereocenters. The predicted octanol–water partition coefficient (Wildman–Crippen LogP) is 0.989. The van der Waals surface area contributed by atoms with E-state index in [9.17, 15) is 0 Å². The van der Waals surface area contributed by atoms with Crippen LogP contribution in [0.25, 0.3) is 0 Å². The molecule has 0 radical (unpaired) electrons. The number of rotatable bonds is 5. The molecule has 2 aromatic rings.